The molecule has 3 fully saturated rings. The summed E-state index contributed by atoms with van der Waals surface area (Å²) >= 11 is 0. The van der Waals surface area contributed by atoms with Gasteiger partial charge in [0.05, 0.1) is 62.1 Å². The molecule has 432 valence electrons. The number of aromatic nitrogens is 4. The number of nitrogens with zero attached hydrogens (tertiary/aromatic N) is 7. The van der Waals surface area contributed by atoms with E-state index in [1.54, 1.807) is 29.8 Å². The van der Waals surface area contributed by atoms with E-state index in [1.165, 1.54) is 12.1 Å². The normalized spacial score (nSPS) is 18.8. The Morgan fingerprint density at radius 3 is 1.76 bits per heavy atom. The second-order valence-electron chi connectivity index (χ2n) is 20.6. The monoisotopic (exact) mass is 1130 g/mol. The zero-order valence-corrected chi connectivity index (χ0v) is 43.5. The Labute approximate surface area is 446 Å². The molecule has 79 heavy (non-hydrogen) atoms. The summed E-state index contributed by atoms with van der Waals surface area (Å²) < 4.78 is 161. The Hall–Kier alpha value is -6.85. The van der Waals surface area contributed by atoms with E-state index in [9.17, 15) is 59.4 Å². The molecule has 5 N–H and O–H groups in total. The van der Waals surface area contributed by atoms with Crippen LogP contribution in [0.4, 0.5) is 59.4 Å². The van der Waals surface area contributed by atoms with E-state index in [1.807, 2.05) is 10.7 Å². The molecule has 4 amide bonds. The molecule has 3 saturated heterocycles. The number of anilines is 1. The zero-order chi connectivity index (χ0) is 57.9. The Balaban J connectivity index is 1.20. The number of hydrogen-bond acceptors (Lipinski definition) is 14. The summed E-state index contributed by atoms with van der Waals surface area (Å²) in [5.41, 5.74) is -4.26. The summed E-state index contributed by atoms with van der Waals surface area (Å²) in [7, 11) is 1.61. The van der Waals surface area contributed by atoms with Crippen LogP contribution in [-0.4, -0.2) is 161 Å². The minimum Gasteiger partial charge on any atom is -0.453 e. The maximum atomic E-state index is 16.1. The number of alkyl carbamates (subject to hydrolysis) is 2. The Morgan fingerprint density at radius 2 is 1.29 bits per heavy atom. The van der Waals surface area contributed by atoms with Gasteiger partial charge in [-0.15, -0.1) is 0 Å². The molecule has 5 heterocycles. The molecule has 2 aromatic heterocycles. The maximum absolute atomic E-state index is 16.1. The maximum Gasteiger partial charge on any atom is 0.407 e. The molecule has 2 aromatic carbocycles. The zero-order valence-electron chi connectivity index (χ0n) is 43.5. The number of amides is 4. The molecule has 3 aliphatic heterocycles. The highest BCUT2D eigenvalue weighted by Gasteiger charge is 2.57. The first-order chi connectivity index (χ1) is 37.0. The molecular formula is C50H59F10N11O8. The van der Waals surface area contributed by atoms with Gasteiger partial charge < -0.3 is 40.2 Å². The molecule has 2 unspecified atom stereocenters. The molecule has 6 atom stereocenters. The van der Waals surface area contributed by atoms with E-state index in [2.05, 4.69) is 39.7 Å². The van der Waals surface area contributed by atoms with Crippen molar-refractivity contribution in [2.24, 2.45) is 10.8 Å². The number of rotatable bonds is 20. The van der Waals surface area contributed by atoms with Crippen molar-refractivity contribution in [2.45, 2.75) is 115 Å². The Morgan fingerprint density at radius 1 is 0.759 bits per heavy atom. The number of benzene rings is 2. The molecule has 2 bridgehead atoms. The van der Waals surface area contributed by atoms with Crippen molar-refractivity contribution in [3.8, 4) is 22.4 Å². The van der Waals surface area contributed by atoms with Gasteiger partial charge in [0.1, 0.15) is 23.7 Å². The molecule has 19 nitrogen and oxygen atoms in total. The van der Waals surface area contributed by atoms with Crippen LogP contribution in [-0.2, 0) is 36.8 Å². The van der Waals surface area contributed by atoms with Crippen LogP contribution in [0.2, 0.25) is 0 Å². The average Bonchev–Trinajstić information content (AvgIpc) is 4.20. The molecule has 0 saturated carbocycles. The van der Waals surface area contributed by atoms with E-state index in [0.717, 1.165) is 52.4 Å². The minimum atomic E-state index is -5.23. The lowest BCUT2D eigenvalue weighted by molar-refractivity contribution is -0.221. The van der Waals surface area contributed by atoms with Gasteiger partial charge in [-0.1, -0.05) is 24.3 Å². The number of halogens is 10. The fourth-order valence-electron chi connectivity index (χ4n) is 9.61. The number of hydrazine groups is 1. The third-order valence-electron chi connectivity index (χ3n) is 14.6. The van der Waals surface area contributed by atoms with E-state index in [-0.39, 0.29) is 21.5 Å². The van der Waals surface area contributed by atoms with Crippen molar-refractivity contribution in [1.82, 2.24) is 51.0 Å². The van der Waals surface area contributed by atoms with Crippen molar-refractivity contribution in [3.05, 3.63) is 83.8 Å². The van der Waals surface area contributed by atoms with Crippen LogP contribution in [0, 0.1) is 22.5 Å². The number of alkyl halides is 8. The van der Waals surface area contributed by atoms with E-state index in [0.29, 0.717) is 93.3 Å². The molecular weight excluding hydrogens is 1070 g/mol. The lowest BCUT2D eigenvalue weighted by atomic mass is 9.82. The fraction of sp³-hybridized carbons (Fsp3) is 0.540. The van der Waals surface area contributed by atoms with Gasteiger partial charge in [0.25, 0.3) is 5.91 Å². The molecule has 0 spiro atoms. The van der Waals surface area contributed by atoms with Crippen LogP contribution in [0.15, 0.2) is 61.1 Å². The molecule has 4 aromatic rings. The summed E-state index contributed by atoms with van der Waals surface area (Å²) in [6, 6.07) is 2.93. The van der Waals surface area contributed by atoms with Crippen LogP contribution in [0.3, 0.4) is 0 Å². The highest BCUT2D eigenvalue weighted by atomic mass is 19.4. The van der Waals surface area contributed by atoms with Crippen molar-refractivity contribution in [1.29, 1.82) is 0 Å². The van der Waals surface area contributed by atoms with Crippen molar-refractivity contribution >= 4 is 29.9 Å². The number of fused-ring (bicyclic) bond motifs is 2. The van der Waals surface area contributed by atoms with Gasteiger partial charge in [-0.2, -0.15) is 40.2 Å². The largest absolute Gasteiger partial charge is 0.453 e. The smallest absolute Gasteiger partial charge is 0.407 e. The first-order valence-electron chi connectivity index (χ1n) is 24.7. The van der Waals surface area contributed by atoms with Crippen LogP contribution in [0.5, 0.6) is 0 Å². The van der Waals surface area contributed by atoms with Gasteiger partial charge in [-0.05, 0) is 76.3 Å². The first-order valence-corrected chi connectivity index (χ1v) is 24.7. The lowest BCUT2D eigenvalue weighted by Crippen LogP contribution is -2.63. The Kier molecular flexibility index (Phi) is 18.1. The van der Waals surface area contributed by atoms with Gasteiger partial charge in [0.2, 0.25) is 11.9 Å². The van der Waals surface area contributed by atoms with Gasteiger partial charge >= 0.3 is 31.1 Å². The van der Waals surface area contributed by atoms with E-state index >= 15 is 8.78 Å². The first kappa shape index (κ1) is 59.8. The predicted molar refractivity (Wildman–Crippen MR) is 260 cm³/mol. The molecule has 3 aliphatic rings. The predicted octanol–water partition coefficient (Wildman–Crippen LogP) is 6.28. The van der Waals surface area contributed by atoms with Crippen LogP contribution < -0.4 is 26.3 Å². The van der Waals surface area contributed by atoms with Crippen LogP contribution >= 0.6 is 0 Å². The number of hydrogen-bond donors (Lipinski definition) is 5. The van der Waals surface area contributed by atoms with Gasteiger partial charge in [0.15, 0.2) is 0 Å². The molecule has 29 heteroatoms. The third-order valence-corrected chi connectivity index (χ3v) is 14.6. The lowest BCUT2D eigenvalue weighted by Gasteiger charge is -2.47. The van der Waals surface area contributed by atoms with Crippen LogP contribution in [0.1, 0.15) is 58.2 Å². The number of methoxy groups -OCH3 is 2. The van der Waals surface area contributed by atoms with Gasteiger partial charge in [-0.3, -0.25) is 19.9 Å². The number of ether oxygens (including phenoxy) is 3. The van der Waals surface area contributed by atoms with Crippen LogP contribution in [0.25, 0.3) is 22.4 Å². The second kappa shape index (κ2) is 23.9. The van der Waals surface area contributed by atoms with Crippen molar-refractivity contribution < 1.29 is 82.4 Å². The number of carbonyl (C=O) groups is 4. The van der Waals surface area contributed by atoms with Crippen molar-refractivity contribution in [3.63, 3.8) is 0 Å². The highest BCUT2D eigenvalue weighted by molar-refractivity contribution is 5.87. The van der Waals surface area contributed by atoms with Gasteiger partial charge in [0, 0.05) is 73.5 Å². The number of piperazine rings is 1. The Bertz CT molecular complexity index is 2760. The molecule has 7 rings (SSSR count). The number of aliphatic hydroxyl groups is 1. The number of nitrogens with one attached hydrogen (secondary N) is 4. The SMILES string of the molecule is COC(=O)N[C@H](C(=O)N[C@@H](Cc1ccc(-c2cnc(N3CC4CCC(C3)N4C3COC3)nc2)cc1)[C@@H](O)CN(Cc1c(F)cc(-c2ccn(C(F)F)n2)cc1F)NC(=O)[C@@H](NC(=O)OC)C(C)(C)C(F)(F)F)C(C)(C)C(F)(F)F. The topological polar surface area (TPSA) is 218 Å². The average molecular weight is 1130 g/mol. The highest BCUT2D eigenvalue weighted by Crippen LogP contribution is 2.42. The van der Waals surface area contributed by atoms with Gasteiger partial charge in [-0.25, -0.2) is 38.0 Å². The van der Waals surface area contributed by atoms with E-state index < -0.39 is 115 Å². The summed E-state index contributed by atoms with van der Waals surface area (Å²) in [6.45, 7) is -0.202. The standard InChI is InChI=1S/C50H59F10N11O8/c1-47(2,49(55,56)57)39(64-45(75)77-5)41(73)63-37(15-26-7-9-27(10-8-26)29-18-61-44(62-19-29)68-20-30-11-12-31(21-68)71(30)32-24-79-25-32)38(72)23-69(67-42(74)40(65-46(76)78-6)48(3,4)50(58,59)60)22-33-34(51)16-28(17-35(33)52)36-13-14-70(66-36)43(53)54/h7-10,13-14,16-19,30-32,37-40,43,72H,11-12,15,20-25H2,1-6H3,(H,63,73)(H,64,75)(H,65,76)(H,67,74)/t30?,31?,37-,38-,39+,40+/m0/s1. The van der Waals surface area contributed by atoms with E-state index in [4.69, 9.17) is 4.74 Å². The minimum absolute atomic E-state index is 0.200. The summed E-state index contributed by atoms with van der Waals surface area (Å²) in [4.78, 5) is 66.9. The number of aliphatic hydroxyl groups excluding tert-OH is 1. The molecule has 0 radical (unpaired) electrons. The summed E-state index contributed by atoms with van der Waals surface area (Å²) in [5.74, 6) is -5.53. The molecule has 0 aliphatic carbocycles. The second-order valence-corrected chi connectivity index (χ2v) is 20.6. The van der Waals surface area contributed by atoms with Crippen molar-refractivity contribution in [2.75, 3.05) is 52.0 Å². The third kappa shape index (κ3) is 13.4. The number of carbonyl (C=O) groups excluding carboxylic acids is 4. The summed E-state index contributed by atoms with van der Waals surface area (Å²) in [6.07, 6.45) is -9.82. The summed E-state index contributed by atoms with van der Waals surface area (Å²) in [5, 5.41) is 22.1. The quantitative estimate of drug-likeness (QED) is 0.0487. The fourth-order valence-corrected chi connectivity index (χ4v) is 9.61.